The smallest absolute Gasteiger partial charge is 0.318 e. The normalized spacial score (nSPS) is 16.7. The molecule has 21 heavy (non-hydrogen) atoms. The molecule has 2 aromatic carbocycles. The Kier molecular flexibility index (Phi) is 3.15. The lowest BCUT2D eigenvalue weighted by molar-refractivity contribution is -0.393. The second kappa shape index (κ2) is 4.98. The van der Waals surface area contributed by atoms with Crippen LogP contribution in [-0.2, 0) is 4.74 Å². The van der Waals surface area contributed by atoms with Gasteiger partial charge in [-0.3, -0.25) is 20.2 Å². The Labute approximate surface area is 118 Å². The molecule has 8 heteroatoms. The number of rotatable bonds is 5. The third-order valence-electron chi connectivity index (χ3n) is 3.16. The van der Waals surface area contributed by atoms with E-state index >= 15 is 0 Å². The average Bonchev–Trinajstić information content (AvgIpc) is 3.27. The molecule has 1 fully saturated rings. The summed E-state index contributed by atoms with van der Waals surface area (Å²) in [6, 6.07) is 7.33. The minimum absolute atomic E-state index is 0.0386. The third-order valence-corrected chi connectivity index (χ3v) is 3.16. The SMILES string of the molecule is O=[N+]([O-])c1cc([N+](=O)[O-])c2ccccc2c1OCC1CO1. The highest BCUT2D eigenvalue weighted by atomic mass is 16.6. The van der Waals surface area contributed by atoms with Crippen LogP contribution in [0, 0.1) is 20.2 Å². The van der Waals surface area contributed by atoms with Crippen molar-refractivity contribution in [2.24, 2.45) is 0 Å². The molecular formula is C13H10N2O6. The lowest BCUT2D eigenvalue weighted by Crippen LogP contribution is -2.07. The van der Waals surface area contributed by atoms with E-state index < -0.39 is 15.5 Å². The molecule has 108 valence electrons. The minimum Gasteiger partial charge on any atom is -0.484 e. The van der Waals surface area contributed by atoms with Gasteiger partial charge in [-0.05, 0) is 6.07 Å². The van der Waals surface area contributed by atoms with Crippen molar-refractivity contribution in [1.29, 1.82) is 0 Å². The molecule has 0 spiro atoms. The van der Waals surface area contributed by atoms with E-state index in [1.54, 1.807) is 18.2 Å². The van der Waals surface area contributed by atoms with Crippen molar-refractivity contribution in [3.8, 4) is 5.75 Å². The van der Waals surface area contributed by atoms with Crippen LogP contribution in [0.25, 0.3) is 10.8 Å². The monoisotopic (exact) mass is 290 g/mol. The summed E-state index contributed by atoms with van der Waals surface area (Å²) >= 11 is 0. The van der Waals surface area contributed by atoms with E-state index in [0.29, 0.717) is 17.4 Å². The van der Waals surface area contributed by atoms with Crippen LogP contribution in [0.3, 0.4) is 0 Å². The zero-order valence-electron chi connectivity index (χ0n) is 10.7. The minimum atomic E-state index is -0.678. The summed E-state index contributed by atoms with van der Waals surface area (Å²) in [4.78, 5) is 21.0. The van der Waals surface area contributed by atoms with Crippen molar-refractivity contribution in [2.75, 3.05) is 13.2 Å². The quantitative estimate of drug-likeness (QED) is 0.475. The van der Waals surface area contributed by atoms with Crippen LogP contribution in [0.4, 0.5) is 11.4 Å². The maximum absolute atomic E-state index is 11.2. The van der Waals surface area contributed by atoms with Crippen LogP contribution in [0.15, 0.2) is 30.3 Å². The van der Waals surface area contributed by atoms with Crippen LogP contribution >= 0.6 is 0 Å². The van der Waals surface area contributed by atoms with E-state index in [0.717, 1.165) is 6.07 Å². The lowest BCUT2D eigenvalue weighted by atomic mass is 10.1. The predicted octanol–water partition coefficient (Wildman–Crippen LogP) is 2.43. The number of benzene rings is 2. The van der Waals surface area contributed by atoms with E-state index in [9.17, 15) is 20.2 Å². The van der Waals surface area contributed by atoms with Crippen molar-refractivity contribution in [3.05, 3.63) is 50.6 Å². The summed E-state index contributed by atoms with van der Waals surface area (Å²) in [6.45, 7) is 0.737. The number of ether oxygens (including phenoxy) is 2. The summed E-state index contributed by atoms with van der Waals surface area (Å²) in [7, 11) is 0. The van der Waals surface area contributed by atoms with Gasteiger partial charge in [-0.1, -0.05) is 18.2 Å². The fraction of sp³-hybridized carbons (Fsp3) is 0.231. The average molecular weight is 290 g/mol. The van der Waals surface area contributed by atoms with E-state index in [-0.39, 0.29) is 24.1 Å². The molecule has 1 heterocycles. The van der Waals surface area contributed by atoms with Gasteiger partial charge in [0.1, 0.15) is 12.7 Å². The number of nitrogens with zero attached hydrogens (tertiary/aromatic N) is 2. The van der Waals surface area contributed by atoms with Crippen LogP contribution in [0.5, 0.6) is 5.75 Å². The molecule has 0 aliphatic carbocycles. The van der Waals surface area contributed by atoms with Gasteiger partial charge in [0.2, 0.25) is 5.75 Å². The Morgan fingerprint density at radius 1 is 1.14 bits per heavy atom. The molecule has 1 unspecified atom stereocenters. The molecule has 0 bridgehead atoms. The molecule has 0 amide bonds. The van der Waals surface area contributed by atoms with Crippen LogP contribution in [0.2, 0.25) is 0 Å². The molecule has 3 rings (SSSR count). The first-order chi connectivity index (χ1) is 10.1. The van der Waals surface area contributed by atoms with Gasteiger partial charge in [-0.2, -0.15) is 0 Å². The van der Waals surface area contributed by atoms with E-state index in [1.807, 2.05) is 0 Å². The van der Waals surface area contributed by atoms with Gasteiger partial charge < -0.3 is 9.47 Å². The molecule has 2 aromatic rings. The number of non-ortho nitro benzene ring substituents is 1. The van der Waals surface area contributed by atoms with Gasteiger partial charge in [0.15, 0.2) is 0 Å². The molecular weight excluding hydrogens is 280 g/mol. The van der Waals surface area contributed by atoms with Crippen LogP contribution in [0.1, 0.15) is 0 Å². The van der Waals surface area contributed by atoms with E-state index in [4.69, 9.17) is 9.47 Å². The highest BCUT2D eigenvalue weighted by Crippen LogP contribution is 2.41. The summed E-state index contributed by atoms with van der Waals surface area (Å²) in [6.07, 6.45) is -0.0708. The summed E-state index contributed by atoms with van der Waals surface area (Å²) in [5, 5.41) is 22.9. The van der Waals surface area contributed by atoms with Gasteiger partial charge >= 0.3 is 5.69 Å². The molecule has 1 aliphatic heterocycles. The first-order valence-electron chi connectivity index (χ1n) is 6.17. The van der Waals surface area contributed by atoms with Crippen molar-refractivity contribution in [2.45, 2.75) is 6.10 Å². The highest BCUT2D eigenvalue weighted by Gasteiger charge is 2.29. The molecule has 1 aliphatic rings. The second-order valence-electron chi connectivity index (χ2n) is 4.57. The Bertz CT molecular complexity index is 741. The first-order valence-corrected chi connectivity index (χ1v) is 6.17. The number of hydrogen-bond donors (Lipinski definition) is 0. The van der Waals surface area contributed by atoms with E-state index in [1.165, 1.54) is 6.07 Å². The molecule has 0 N–H and O–H groups in total. The van der Waals surface area contributed by atoms with Crippen molar-refractivity contribution >= 4 is 22.1 Å². The Morgan fingerprint density at radius 2 is 1.76 bits per heavy atom. The molecule has 0 aromatic heterocycles. The maximum atomic E-state index is 11.2. The highest BCUT2D eigenvalue weighted by molar-refractivity contribution is 5.98. The number of nitro benzene ring substituents is 2. The number of fused-ring (bicyclic) bond motifs is 1. The molecule has 1 saturated heterocycles. The fourth-order valence-corrected chi connectivity index (χ4v) is 2.09. The molecule has 0 saturated carbocycles. The number of epoxide rings is 1. The topological polar surface area (TPSA) is 108 Å². The summed E-state index contributed by atoms with van der Waals surface area (Å²) in [5.41, 5.74) is -0.728. The van der Waals surface area contributed by atoms with Crippen LogP contribution < -0.4 is 4.74 Å². The molecule has 0 radical (unpaired) electrons. The molecule has 8 nitrogen and oxygen atoms in total. The van der Waals surface area contributed by atoms with Gasteiger partial charge in [0.25, 0.3) is 5.69 Å². The van der Waals surface area contributed by atoms with Crippen LogP contribution in [-0.4, -0.2) is 29.2 Å². The zero-order chi connectivity index (χ0) is 15.0. The maximum Gasteiger partial charge on any atom is 0.318 e. The fourth-order valence-electron chi connectivity index (χ4n) is 2.09. The summed E-state index contributed by atoms with van der Waals surface area (Å²) in [5.74, 6) is 0.0386. The Balaban J connectivity index is 2.21. The number of hydrogen-bond acceptors (Lipinski definition) is 6. The Hall–Kier alpha value is -2.74. The molecule has 1 atom stereocenters. The zero-order valence-corrected chi connectivity index (χ0v) is 10.7. The summed E-state index contributed by atoms with van der Waals surface area (Å²) < 4.78 is 10.5. The largest absolute Gasteiger partial charge is 0.484 e. The lowest BCUT2D eigenvalue weighted by Gasteiger charge is -2.09. The predicted molar refractivity (Wildman–Crippen MR) is 72.5 cm³/mol. The second-order valence-corrected chi connectivity index (χ2v) is 4.57. The van der Waals surface area contributed by atoms with Gasteiger partial charge in [-0.15, -0.1) is 0 Å². The van der Waals surface area contributed by atoms with Gasteiger partial charge in [0.05, 0.1) is 27.9 Å². The van der Waals surface area contributed by atoms with E-state index in [2.05, 4.69) is 0 Å². The Morgan fingerprint density at radius 3 is 2.33 bits per heavy atom. The first kappa shape index (κ1) is 13.3. The van der Waals surface area contributed by atoms with Crippen molar-refractivity contribution < 1.29 is 19.3 Å². The van der Waals surface area contributed by atoms with Crippen molar-refractivity contribution in [1.82, 2.24) is 0 Å². The van der Waals surface area contributed by atoms with Crippen molar-refractivity contribution in [3.63, 3.8) is 0 Å². The third kappa shape index (κ3) is 2.48. The standard InChI is InChI=1S/C13H10N2O6/c16-14(17)11-5-12(15(18)19)13(21-7-8-6-20-8)10-4-2-1-3-9(10)11/h1-5,8H,6-7H2. The van der Waals surface area contributed by atoms with Gasteiger partial charge in [0, 0.05) is 5.39 Å². The number of nitro groups is 2. The van der Waals surface area contributed by atoms with Gasteiger partial charge in [-0.25, -0.2) is 0 Å².